The molecule has 4 heteroatoms. The number of unbranched alkanes of at least 4 members (excludes halogenated alkanes) is 6. The Labute approximate surface area is 152 Å². The molecule has 136 valence electrons. The Morgan fingerprint density at radius 1 is 0.920 bits per heavy atom. The minimum atomic E-state index is 0.706. The maximum absolute atomic E-state index is 4.75. The van der Waals surface area contributed by atoms with Crippen LogP contribution in [0.2, 0.25) is 0 Å². The topological polar surface area (TPSA) is 50.7 Å². The van der Waals surface area contributed by atoms with Gasteiger partial charge in [0.1, 0.15) is 11.5 Å². The molecule has 0 radical (unpaired) electrons. The minimum absolute atomic E-state index is 0.706. The molecule has 2 aromatic rings. The van der Waals surface area contributed by atoms with Gasteiger partial charge in [0.15, 0.2) is 5.82 Å². The number of anilines is 1. The van der Waals surface area contributed by atoms with Crippen LogP contribution in [0.25, 0.3) is 11.5 Å². The second-order valence-corrected chi connectivity index (χ2v) is 6.58. The lowest BCUT2D eigenvalue weighted by molar-refractivity contribution is 0.596. The van der Waals surface area contributed by atoms with Crippen molar-refractivity contribution in [3.8, 4) is 11.5 Å². The van der Waals surface area contributed by atoms with Crippen molar-refractivity contribution in [1.29, 1.82) is 0 Å². The summed E-state index contributed by atoms with van der Waals surface area (Å²) in [5, 5.41) is 3.54. The molecular formula is C21H32N4. The number of hydrogen-bond acceptors (Lipinski definition) is 4. The third kappa shape index (κ3) is 6.11. The van der Waals surface area contributed by atoms with E-state index >= 15 is 0 Å². The van der Waals surface area contributed by atoms with Crippen molar-refractivity contribution in [2.24, 2.45) is 0 Å². The van der Waals surface area contributed by atoms with Crippen LogP contribution in [0.3, 0.4) is 0 Å². The maximum atomic E-state index is 4.75. The first-order chi connectivity index (χ1) is 12.3. The summed E-state index contributed by atoms with van der Waals surface area (Å²) >= 11 is 0. The molecule has 0 unspecified atom stereocenters. The van der Waals surface area contributed by atoms with Gasteiger partial charge >= 0.3 is 0 Å². The number of nitrogens with one attached hydrogen (secondary N) is 1. The Bertz CT molecular complexity index is 625. The van der Waals surface area contributed by atoms with Gasteiger partial charge in [-0.2, -0.15) is 0 Å². The van der Waals surface area contributed by atoms with Crippen molar-refractivity contribution in [3.05, 3.63) is 35.7 Å². The van der Waals surface area contributed by atoms with Crippen molar-refractivity contribution in [2.75, 3.05) is 11.9 Å². The summed E-state index contributed by atoms with van der Waals surface area (Å²) in [6, 6.07) is 5.84. The first-order valence-electron chi connectivity index (χ1n) is 9.79. The average Bonchev–Trinajstić information content (AvgIpc) is 2.64. The standard InChI is InChI=1S/C21H32N4/c1-4-6-7-8-9-10-12-16-23-20-18(5-2)17(3)24-21(25-20)19-14-11-13-15-22-19/h11,13-15H,4-10,12,16H2,1-3H3,(H,23,24,25). The fraction of sp³-hybridized carbons (Fsp3) is 0.571. The summed E-state index contributed by atoms with van der Waals surface area (Å²) in [7, 11) is 0. The van der Waals surface area contributed by atoms with Crippen LogP contribution in [0.15, 0.2) is 24.4 Å². The molecule has 0 atom stereocenters. The first-order valence-corrected chi connectivity index (χ1v) is 9.79. The van der Waals surface area contributed by atoms with E-state index in [0.29, 0.717) is 5.82 Å². The van der Waals surface area contributed by atoms with Crippen molar-refractivity contribution < 1.29 is 0 Å². The van der Waals surface area contributed by atoms with Crippen LogP contribution in [-0.4, -0.2) is 21.5 Å². The van der Waals surface area contributed by atoms with Crippen LogP contribution in [0.4, 0.5) is 5.82 Å². The van der Waals surface area contributed by atoms with E-state index in [4.69, 9.17) is 4.98 Å². The van der Waals surface area contributed by atoms with E-state index in [9.17, 15) is 0 Å². The third-order valence-corrected chi connectivity index (χ3v) is 4.53. The molecule has 0 bridgehead atoms. The predicted molar refractivity (Wildman–Crippen MR) is 106 cm³/mol. The highest BCUT2D eigenvalue weighted by Gasteiger charge is 2.11. The van der Waals surface area contributed by atoms with E-state index in [1.165, 1.54) is 50.5 Å². The van der Waals surface area contributed by atoms with E-state index in [0.717, 1.165) is 30.2 Å². The largest absolute Gasteiger partial charge is 0.370 e. The molecule has 25 heavy (non-hydrogen) atoms. The van der Waals surface area contributed by atoms with Crippen LogP contribution >= 0.6 is 0 Å². The van der Waals surface area contributed by atoms with Crippen LogP contribution in [0, 0.1) is 6.92 Å². The monoisotopic (exact) mass is 340 g/mol. The number of aromatic nitrogens is 3. The molecular weight excluding hydrogens is 308 g/mol. The number of nitrogens with zero attached hydrogens (tertiary/aromatic N) is 3. The summed E-state index contributed by atoms with van der Waals surface area (Å²) < 4.78 is 0. The molecule has 0 aliphatic rings. The normalized spacial score (nSPS) is 10.8. The lowest BCUT2D eigenvalue weighted by Crippen LogP contribution is -2.10. The van der Waals surface area contributed by atoms with Gasteiger partial charge in [-0.3, -0.25) is 4.98 Å². The summed E-state index contributed by atoms with van der Waals surface area (Å²) in [5.74, 6) is 1.68. The zero-order valence-corrected chi connectivity index (χ0v) is 16.0. The van der Waals surface area contributed by atoms with Crippen molar-refractivity contribution >= 4 is 5.82 Å². The molecule has 0 aliphatic heterocycles. The Morgan fingerprint density at radius 3 is 2.36 bits per heavy atom. The first kappa shape index (κ1) is 19.4. The molecule has 0 aromatic carbocycles. The highest BCUT2D eigenvalue weighted by Crippen LogP contribution is 2.21. The molecule has 0 saturated heterocycles. The molecule has 2 rings (SSSR count). The smallest absolute Gasteiger partial charge is 0.180 e. The quantitative estimate of drug-likeness (QED) is 0.543. The molecule has 0 spiro atoms. The van der Waals surface area contributed by atoms with Crippen LogP contribution < -0.4 is 5.32 Å². The molecule has 0 aliphatic carbocycles. The Morgan fingerprint density at radius 2 is 1.68 bits per heavy atom. The second kappa shape index (κ2) is 10.8. The van der Waals surface area contributed by atoms with Gasteiger partial charge in [0.25, 0.3) is 0 Å². The van der Waals surface area contributed by atoms with E-state index < -0.39 is 0 Å². The molecule has 2 aromatic heterocycles. The van der Waals surface area contributed by atoms with E-state index in [1.54, 1.807) is 6.20 Å². The molecule has 1 N–H and O–H groups in total. The van der Waals surface area contributed by atoms with Crippen LogP contribution in [-0.2, 0) is 6.42 Å². The Kier molecular flexibility index (Phi) is 8.36. The number of aryl methyl sites for hydroxylation is 1. The van der Waals surface area contributed by atoms with Gasteiger partial charge in [0.2, 0.25) is 0 Å². The van der Waals surface area contributed by atoms with Gasteiger partial charge in [0.05, 0.1) is 0 Å². The second-order valence-electron chi connectivity index (χ2n) is 6.58. The molecule has 2 heterocycles. The lowest BCUT2D eigenvalue weighted by atomic mass is 10.1. The molecule has 0 fully saturated rings. The van der Waals surface area contributed by atoms with Crippen molar-refractivity contribution in [3.63, 3.8) is 0 Å². The van der Waals surface area contributed by atoms with Crippen molar-refractivity contribution in [2.45, 2.75) is 72.1 Å². The zero-order chi connectivity index (χ0) is 17.9. The SMILES string of the molecule is CCCCCCCCCNc1nc(-c2ccccn2)nc(C)c1CC. The van der Waals surface area contributed by atoms with Gasteiger partial charge < -0.3 is 5.32 Å². The zero-order valence-electron chi connectivity index (χ0n) is 16.0. The van der Waals surface area contributed by atoms with Gasteiger partial charge in [0, 0.05) is 24.0 Å². The fourth-order valence-corrected chi connectivity index (χ4v) is 3.06. The number of rotatable bonds is 11. The minimum Gasteiger partial charge on any atom is -0.370 e. The maximum Gasteiger partial charge on any atom is 0.180 e. The van der Waals surface area contributed by atoms with Gasteiger partial charge in [-0.25, -0.2) is 9.97 Å². The van der Waals surface area contributed by atoms with E-state index in [2.05, 4.69) is 36.1 Å². The van der Waals surface area contributed by atoms with E-state index in [1.807, 2.05) is 18.2 Å². The molecule has 0 amide bonds. The Hall–Kier alpha value is -1.97. The van der Waals surface area contributed by atoms with Gasteiger partial charge in [-0.1, -0.05) is 58.4 Å². The molecule has 4 nitrogen and oxygen atoms in total. The lowest BCUT2D eigenvalue weighted by Gasteiger charge is -2.13. The summed E-state index contributed by atoms with van der Waals surface area (Å²) in [5.41, 5.74) is 3.08. The number of pyridine rings is 1. The average molecular weight is 341 g/mol. The Balaban J connectivity index is 1.93. The highest BCUT2D eigenvalue weighted by molar-refractivity contribution is 5.56. The van der Waals surface area contributed by atoms with Crippen LogP contribution in [0.5, 0.6) is 0 Å². The molecule has 0 saturated carbocycles. The predicted octanol–water partition coefficient (Wildman–Crippen LogP) is 5.57. The fourth-order valence-electron chi connectivity index (χ4n) is 3.06. The summed E-state index contributed by atoms with van der Waals surface area (Å²) in [4.78, 5) is 13.8. The van der Waals surface area contributed by atoms with Gasteiger partial charge in [-0.15, -0.1) is 0 Å². The number of hydrogen-bond donors (Lipinski definition) is 1. The highest BCUT2D eigenvalue weighted by atomic mass is 15.0. The van der Waals surface area contributed by atoms with Crippen molar-refractivity contribution in [1.82, 2.24) is 15.0 Å². The van der Waals surface area contributed by atoms with Gasteiger partial charge in [-0.05, 0) is 31.9 Å². The third-order valence-electron chi connectivity index (χ3n) is 4.53. The van der Waals surface area contributed by atoms with Crippen LogP contribution in [0.1, 0.15) is 70.1 Å². The summed E-state index contributed by atoms with van der Waals surface area (Å²) in [6.07, 6.45) is 12.0. The van der Waals surface area contributed by atoms with E-state index in [-0.39, 0.29) is 0 Å². The summed E-state index contributed by atoms with van der Waals surface area (Å²) in [6.45, 7) is 7.45.